The van der Waals surface area contributed by atoms with Crippen molar-refractivity contribution in [1.82, 2.24) is 5.32 Å². The number of Topliss-reactive ketones (excluding diaryl/α,β-unsaturated/α-hetero) is 1. The topological polar surface area (TPSA) is 46.2 Å². The van der Waals surface area contributed by atoms with Crippen molar-refractivity contribution in [3.8, 4) is 0 Å². The van der Waals surface area contributed by atoms with Crippen LogP contribution in [-0.2, 0) is 9.59 Å². The fourth-order valence-electron chi connectivity index (χ4n) is 0.761. The molecule has 3 heteroatoms. The Kier molecular flexibility index (Phi) is 5.00. The second-order valence-corrected chi connectivity index (χ2v) is 2.64. The molecule has 0 bridgehead atoms. The fourth-order valence-corrected chi connectivity index (χ4v) is 0.761. The summed E-state index contributed by atoms with van der Waals surface area (Å²) < 4.78 is 0. The summed E-state index contributed by atoms with van der Waals surface area (Å²) in [5.74, 6) is -0.300. The van der Waals surface area contributed by atoms with Crippen LogP contribution in [0.2, 0.25) is 0 Å². The van der Waals surface area contributed by atoms with E-state index in [1.54, 1.807) is 6.08 Å². The number of amides is 1. The van der Waals surface area contributed by atoms with E-state index in [1.807, 2.05) is 6.92 Å². The molecule has 0 aliphatic heterocycles. The summed E-state index contributed by atoms with van der Waals surface area (Å²) in [7, 11) is 0. The predicted molar refractivity (Wildman–Crippen MR) is 47.5 cm³/mol. The zero-order valence-corrected chi connectivity index (χ0v) is 7.81. The Labute approximate surface area is 72.8 Å². The van der Waals surface area contributed by atoms with Gasteiger partial charge < -0.3 is 5.32 Å². The summed E-state index contributed by atoms with van der Waals surface area (Å²) in [5.41, 5.74) is 0.407. The molecule has 0 saturated carbocycles. The number of unbranched alkanes of at least 4 members (excludes halogenated alkanes) is 1. The van der Waals surface area contributed by atoms with Gasteiger partial charge in [0.2, 0.25) is 5.91 Å². The summed E-state index contributed by atoms with van der Waals surface area (Å²) in [5, 5.41) is 2.49. The zero-order valence-electron chi connectivity index (χ0n) is 7.81. The van der Waals surface area contributed by atoms with Gasteiger partial charge in [-0.15, -0.1) is 0 Å². The van der Waals surface area contributed by atoms with Crippen molar-refractivity contribution in [3.05, 3.63) is 11.8 Å². The maximum atomic E-state index is 10.9. The van der Waals surface area contributed by atoms with Crippen LogP contribution in [0.4, 0.5) is 0 Å². The van der Waals surface area contributed by atoms with Crippen molar-refractivity contribution in [2.45, 2.75) is 33.6 Å². The first-order valence-electron chi connectivity index (χ1n) is 4.06. The summed E-state index contributed by atoms with van der Waals surface area (Å²) in [6.45, 7) is 4.85. The van der Waals surface area contributed by atoms with E-state index in [0.717, 1.165) is 12.8 Å². The van der Waals surface area contributed by atoms with Crippen LogP contribution in [0.1, 0.15) is 33.6 Å². The Morgan fingerprint density at radius 3 is 2.25 bits per heavy atom. The van der Waals surface area contributed by atoms with Crippen LogP contribution in [0, 0.1) is 0 Å². The minimum Gasteiger partial charge on any atom is -0.324 e. The van der Waals surface area contributed by atoms with Crippen molar-refractivity contribution in [3.63, 3.8) is 0 Å². The lowest BCUT2D eigenvalue weighted by molar-refractivity contribution is -0.121. The second-order valence-electron chi connectivity index (χ2n) is 2.64. The standard InChI is InChI=1S/C9H15NO2/c1-4-5-6-9(7(2)11)10-8(3)12/h6H,4-5H2,1-3H3,(H,10,12)/b9-6+. The van der Waals surface area contributed by atoms with Crippen LogP contribution in [0.3, 0.4) is 0 Å². The number of rotatable bonds is 4. The van der Waals surface area contributed by atoms with Gasteiger partial charge in [-0.2, -0.15) is 0 Å². The molecule has 0 aliphatic rings. The SMILES string of the molecule is CCC/C=C(/NC(C)=O)C(C)=O. The molecule has 0 unspecified atom stereocenters. The van der Waals surface area contributed by atoms with Crippen molar-refractivity contribution in [2.75, 3.05) is 0 Å². The van der Waals surface area contributed by atoms with Crippen LogP contribution in [0.5, 0.6) is 0 Å². The van der Waals surface area contributed by atoms with Gasteiger partial charge in [-0.1, -0.05) is 19.4 Å². The number of hydrogen-bond acceptors (Lipinski definition) is 2. The molecule has 0 fully saturated rings. The van der Waals surface area contributed by atoms with E-state index in [2.05, 4.69) is 5.32 Å². The van der Waals surface area contributed by atoms with Crippen LogP contribution in [-0.4, -0.2) is 11.7 Å². The number of nitrogens with one attached hydrogen (secondary N) is 1. The van der Waals surface area contributed by atoms with E-state index in [9.17, 15) is 9.59 Å². The summed E-state index contributed by atoms with van der Waals surface area (Å²) in [6, 6.07) is 0. The first-order valence-corrected chi connectivity index (χ1v) is 4.06. The van der Waals surface area contributed by atoms with Crippen LogP contribution in [0.25, 0.3) is 0 Å². The van der Waals surface area contributed by atoms with Gasteiger partial charge in [0.25, 0.3) is 0 Å². The van der Waals surface area contributed by atoms with Crippen LogP contribution >= 0.6 is 0 Å². The Morgan fingerprint density at radius 2 is 1.92 bits per heavy atom. The Bertz CT molecular complexity index is 207. The second kappa shape index (κ2) is 5.52. The number of carbonyl (C=O) groups excluding carboxylic acids is 2. The van der Waals surface area contributed by atoms with E-state index in [-0.39, 0.29) is 11.7 Å². The highest BCUT2D eigenvalue weighted by Crippen LogP contribution is 1.96. The van der Waals surface area contributed by atoms with Gasteiger partial charge in [-0.3, -0.25) is 9.59 Å². The molecule has 3 nitrogen and oxygen atoms in total. The highest BCUT2D eigenvalue weighted by Gasteiger charge is 2.03. The molecular weight excluding hydrogens is 154 g/mol. The predicted octanol–water partition coefficient (Wildman–Crippen LogP) is 1.40. The minimum absolute atomic E-state index is 0.0985. The van der Waals surface area contributed by atoms with Gasteiger partial charge in [0, 0.05) is 13.8 Å². The third-order valence-corrected chi connectivity index (χ3v) is 1.33. The normalized spacial score (nSPS) is 11.1. The van der Waals surface area contributed by atoms with E-state index in [4.69, 9.17) is 0 Å². The molecule has 0 heterocycles. The van der Waals surface area contributed by atoms with Gasteiger partial charge in [-0.25, -0.2) is 0 Å². The van der Waals surface area contributed by atoms with Gasteiger partial charge in [0.05, 0.1) is 5.70 Å². The van der Waals surface area contributed by atoms with Crippen molar-refractivity contribution in [1.29, 1.82) is 0 Å². The number of hydrogen-bond donors (Lipinski definition) is 1. The lowest BCUT2D eigenvalue weighted by Gasteiger charge is -2.02. The Balaban J connectivity index is 4.22. The molecule has 0 saturated heterocycles. The molecule has 0 aromatic carbocycles. The maximum absolute atomic E-state index is 10.9. The number of carbonyl (C=O) groups is 2. The molecule has 0 radical (unpaired) electrons. The van der Waals surface area contributed by atoms with E-state index in [0.29, 0.717) is 5.70 Å². The maximum Gasteiger partial charge on any atom is 0.221 e. The average Bonchev–Trinajstić information content (AvgIpc) is 1.96. The van der Waals surface area contributed by atoms with Crippen molar-refractivity contribution in [2.24, 2.45) is 0 Å². The van der Waals surface area contributed by atoms with E-state index < -0.39 is 0 Å². The van der Waals surface area contributed by atoms with Crippen LogP contribution in [0.15, 0.2) is 11.8 Å². The molecule has 0 aromatic heterocycles. The third-order valence-electron chi connectivity index (χ3n) is 1.33. The van der Waals surface area contributed by atoms with Crippen LogP contribution < -0.4 is 5.32 Å². The summed E-state index contributed by atoms with van der Waals surface area (Å²) in [4.78, 5) is 21.5. The smallest absolute Gasteiger partial charge is 0.221 e. The largest absolute Gasteiger partial charge is 0.324 e. The molecular formula is C9H15NO2. The van der Waals surface area contributed by atoms with Gasteiger partial charge in [-0.05, 0) is 6.42 Å². The van der Waals surface area contributed by atoms with E-state index in [1.165, 1.54) is 13.8 Å². The molecule has 12 heavy (non-hydrogen) atoms. The van der Waals surface area contributed by atoms with Gasteiger partial charge >= 0.3 is 0 Å². The molecule has 68 valence electrons. The van der Waals surface area contributed by atoms with Crippen molar-refractivity contribution >= 4 is 11.7 Å². The monoisotopic (exact) mass is 169 g/mol. The summed E-state index contributed by atoms with van der Waals surface area (Å²) in [6.07, 6.45) is 3.54. The lowest BCUT2D eigenvalue weighted by Crippen LogP contribution is -2.23. The molecule has 1 amide bonds. The molecule has 1 N–H and O–H groups in total. The highest BCUT2D eigenvalue weighted by atomic mass is 16.2. The zero-order chi connectivity index (χ0) is 9.56. The number of ketones is 1. The lowest BCUT2D eigenvalue weighted by atomic mass is 10.2. The molecule has 0 rings (SSSR count). The quantitative estimate of drug-likeness (QED) is 0.646. The van der Waals surface area contributed by atoms with Gasteiger partial charge in [0.1, 0.15) is 0 Å². The van der Waals surface area contributed by atoms with Gasteiger partial charge in [0.15, 0.2) is 5.78 Å². The van der Waals surface area contributed by atoms with Crippen molar-refractivity contribution < 1.29 is 9.59 Å². The highest BCUT2D eigenvalue weighted by molar-refractivity contribution is 5.96. The molecule has 0 aliphatic carbocycles. The molecule has 0 spiro atoms. The first kappa shape index (κ1) is 10.9. The van der Waals surface area contributed by atoms with E-state index >= 15 is 0 Å². The summed E-state index contributed by atoms with van der Waals surface area (Å²) >= 11 is 0. The fraction of sp³-hybridized carbons (Fsp3) is 0.556. The first-order chi connectivity index (χ1) is 5.57. The molecule has 0 atom stereocenters. The number of allylic oxidation sites excluding steroid dienone is 2. The minimum atomic E-state index is -0.201. The Hall–Kier alpha value is -1.12. The average molecular weight is 169 g/mol. The molecule has 0 aromatic rings. The Morgan fingerprint density at radius 1 is 1.33 bits per heavy atom. The third kappa shape index (κ3) is 4.66.